The smallest absolute Gasteiger partial charge is 0.0542 e. The van der Waals surface area contributed by atoms with Crippen LogP contribution in [-0.2, 0) is 10.8 Å². The third kappa shape index (κ3) is 7.20. The minimum Gasteiger partial charge on any atom is -0.310 e. The quantitative estimate of drug-likeness (QED) is 0.151. The monoisotopic (exact) mass is 976 g/mol. The van der Waals surface area contributed by atoms with Gasteiger partial charge in [-0.15, -0.1) is 0 Å². The number of rotatable bonds is 8. The lowest BCUT2D eigenvalue weighted by atomic mass is 9.73. The van der Waals surface area contributed by atoms with Gasteiger partial charge in [-0.05, 0) is 166 Å². The summed E-state index contributed by atoms with van der Waals surface area (Å²) in [6.07, 6.45) is 0. The second kappa shape index (κ2) is 17.6. The van der Waals surface area contributed by atoms with Crippen molar-refractivity contribution in [1.29, 1.82) is 0 Å². The molecule has 0 spiro atoms. The van der Waals surface area contributed by atoms with Crippen LogP contribution in [0.1, 0.15) is 49.9 Å². The minimum atomic E-state index is -0.283. The molecule has 0 bridgehead atoms. The second-order valence-corrected chi connectivity index (χ2v) is 21.4. The Morgan fingerprint density at radius 3 is 1.25 bits per heavy atom. The topological polar surface area (TPSA) is 14.7 Å². The summed E-state index contributed by atoms with van der Waals surface area (Å²) in [7, 11) is 0. The maximum absolute atomic E-state index is 2.45. The lowest BCUT2D eigenvalue weighted by Gasteiger charge is -2.42. The number of para-hydroxylation sites is 5. The van der Waals surface area contributed by atoms with Gasteiger partial charge in [-0.1, -0.05) is 173 Å². The molecule has 1 aromatic heterocycles. The van der Waals surface area contributed by atoms with Gasteiger partial charge in [0.2, 0.25) is 0 Å². The fourth-order valence-electron chi connectivity index (χ4n) is 12.5. The van der Waals surface area contributed by atoms with E-state index in [-0.39, 0.29) is 10.8 Å². The highest BCUT2D eigenvalue weighted by Crippen LogP contribution is 2.55. The van der Waals surface area contributed by atoms with Crippen molar-refractivity contribution in [2.24, 2.45) is 0 Å². The van der Waals surface area contributed by atoms with Crippen molar-refractivity contribution >= 4 is 73.0 Å². The number of aromatic nitrogens is 1. The Morgan fingerprint density at radius 1 is 0.276 bits per heavy atom. The first-order chi connectivity index (χ1) is 37.2. The molecular formula is C72H56N4. The Labute approximate surface area is 445 Å². The molecule has 0 fully saturated rings. The molecule has 11 aromatic carbocycles. The molecule has 3 heterocycles. The molecule has 0 saturated carbocycles. The van der Waals surface area contributed by atoms with Crippen LogP contribution < -0.4 is 14.7 Å². The lowest BCUT2D eigenvalue weighted by molar-refractivity contribution is 0.632. The van der Waals surface area contributed by atoms with Crippen molar-refractivity contribution in [2.75, 3.05) is 14.7 Å². The fraction of sp³-hybridized carbons (Fsp3) is 0.0833. The summed E-state index contributed by atoms with van der Waals surface area (Å²) in [5.41, 5.74) is 23.3. The van der Waals surface area contributed by atoms with Crippen molar-refractivity contribution in [3.63, 3.8) is 0 Å². The summed E-state index contributed by atoms with van der Waals surface area (Å²) in [5.74, 6) is 0. The predicted molar refractivity (Wildman–Crippen MR) is 320 cm³/mol. The normalized spacial score (nSPS) is 13.9. The molecule has 4 nitrogen and oxygen atoms in total. The van der Waals surface area contributed by atoms with Gasteiger partial charge in [0.25, 0.3) is 0 Å². The van der Waals surface area contributed by atoms with Crippen LogP contribution in [-0.4, -0.2) is 4.57 Å². The highest BCUT2D eigenvalue weighted by molar-refractivity contribution is 6.12. The standard InChI is InChI=1S/C72H56N4/c1-71(2)61-29-17-19-31-67(61)75(54-25-13-7-14-26-54)69-42-36-52(46-63(69)71)51-35-41-65-59(45-51)60-47-57(39-43-66(60)74(65)53-23-11-6-12-24-53)73(56-37-33-50(34-38-56)49-21-9-5-10-22-49)58-40-44-70-64(48-58)72(3,4)62-30-18-20-32-68(62)76(70)55-27-15-8-16-28-55/h5-48H,1-4H3. The first-order valence-corrected chi connectivity index (χ1v) is 26.5. The van der Waals surface area contributed by atoms with Gasteiger partial charge < -0.3 is 19.3 Å². The van der Waals surface area contributed by atoms with Gasteiger partial charge in [0, 0.05) is 55.7 Å². The van der Waals surface area contributed by atoms with E-state index in [0.717, 1.165) is 39.6 Å². The van der Waals surface area contributed by atoms with Crippen molar-refractivity contribution in [3.8, 4) is 27.9 Å². The summed E-state index contributed by atoms with van der Waals surface area (Å²) in [6, 6.07) is 98.2. The van der Waals surface area contributed by atoms with E-state index in [2.05, 4.69) is 314 Å². The number of benzene rings is 11. The number of hydrogen-bond acceptors (Lipinski definition) is 3. The van der Waals surface area contributed by atoms with E-state index in [1.165, 1.54) is 83.5 Å². The maximum Gasteiger partial charge on any atom is 0.0542 e. The Bertz CT molecular complexity index is 4160. The molecule has 14 rings (SSSR count). The molecule has 364 valence electrons. The molecule has 12 aromatic rings. The largest absolute Gasteiger partial charge is 0.310 e. The molecular weight excluding hydrogens is 921 g/mol. The van der Waals surface area contributed by atoms with Gasteiger partial charge in [-0.25, -0.2) is 0 Å². The van der Waals surface area contributed by atoms with E-state index < -0.39 is 0 Å². The molecule has 4 heteroatoms. The molecule has 0 saturated heterocycles. The number of fused-ring (bicyclic) bond motifs is 7. The zero-order valence-electron chi connectivity index (χ0n) is 43.2. The third-order valence-corrected chi connectivity index (χ3v) is 16.3. The van der Waals surface area contributed by atoms with E-state index in [9.17, 15) is 0 Å². The minimum absolute atomic E-state index is 0.229. The average Bonchev–Trinajstić information content (AvgIpc) is 3.92. The average molecular weight is 977 g/mol. The zero-order valence-corrected chi connectivity index (χ0v) is 43.2. The molecule has 0 radical (unpaired) electrons. The van der Waals surface area contributed by atoms with E-state index in [1.807, 2.05) is 0 Å². The highest BCUT2D eigenvalue weighted by atomic mass is 15.2. The van der Waals surface area contributed by atoms with Gasteiger partial charge in [-0.3, -0.25) is 0 Å². The molecule has 0 N–H and O–H groups in total. The van der Waals surface area contributed by atoms with Crippen LogP contribution >= 0.6 is 0 Å². The van der Waals surface area contributed by atoms with Gasteiger partial charge >= 0.3 is 0 Å². The molecule has 0 atom stereocenters. The molecule has 0 aliphatic carbocycles. The van der Waals surface area contributed by atoms with Crippen LogP contribution in [0.2, 0.25) is 0 Å². The Morgan fingerprint density at radius 2 is 0.658 bits per heavy atom. The molecule has 0 unspecified atom stereocenters. The fourth-order valence-corrected chi connectivity index (χ4v) is 12.5. The SMILES string of the molecule is CC1(C)c2ccccc2N(c2ccccc2)c2ccc(-c3ccc4c(c3)c3cc(N(c5ccc(-c6ccccc6)cc5)c5ccc6c(c5)C(C)(C)c5ccccc5N6c5ccccc5)ccc3n4-c3ccccc3)cc21. The van der Waals surface area contributed by atoms with Crippen LogP contribution in [0, 0.1) is 0 Å². The lowest BCUT2D eigenvalue weighted by Crippen LogP contribution is -2.30. The van der Waals surface area contributed by atoms with Gasteiger partial charge in [-0.2, -0.15) is 0 Å². The van der Waals surface area contributed by atoms with Crippen LogP contribution in [0.15, 0.2) is 267 Å². The van der Waals surface area contributed by atoms with E-state index in [4.69, 9.17) is 0 Å². The van der Waals surface area contributed by atoms with Crippen molar-refractivity contribution < 1.29 is 0 Å². The first-order valence-electron chi connectivity index (χ1n) is 26.5. The summed E-state index contributed by atoms with van der Waals surface area (Å²) in [4.78, 5) is 7.32. The van der Waals surface area contributed by atoms with Gasteiger partial charge in [0.05, 0.1) is 33.8 Å². The van der Waals surface area contributed by atoms with Crippen molar-refractivity contribution in [1.82, 2.24) is 4.57 Å². The number of hydrogen-bond donors (Lipinski definition) is 0. The molecule has 2 aliphatic rings. The van der Waals surface area contributed by atoms with Crippen molar-refractivity contribution in [2.45, 2.75) is 38.5 Å². The van der Waals surface area contributed by atoms with Gasteiger partial charge in [0.15, 0.2) is 0 Å². The maximum atomic E-state index is 2.45. The Kier molecular flexibility index (Phi) is 10.5. The van der Waals surface area contributed by atoms with Crippen LogP contribution in [0.4, 0.5) is 51.2 Å². The van der Waals surface area contributed by atoms with Crippen LogP contribution in [0.5, 0.6) is 0 Å². The Balaban J connectivity index is 0.959. The third-order valence-electron chi connectivity index (χ3n) is 16.3. The van der Waals surface area contributed by atoms with E-state index >= 15 is 0 Å². The molecule has 0 amide bonds. The molecule has 2 aliphatic heterocycles. The van der Waals surface area contributed by atoms with Gasteiger partial charge in [0.1, 0.15) is 0 Å². The van der Waals surface area contributed by atoms with E-state index in [1.54, 1.807) is 0 Å². The predicted octanol–water partition coefficient (Wildman–Crippen LogP) is 19.8. The first kappa shape index (κ1) is 45.3. The van der Waals surface area contributed by atoms with Crippen molar-refractivity contribution in [3.05, 3.63) is 289 Å². The summed E-state index contributed by atoms with van der Waals surface area (Å²) in [5, 5.41) is 2.39. The summed E-state index contributed by atoms with van der Waals surface area (Å²) in [6.45, 7) is 9.49. The summed E-state index contributed by atoms with van der Waals surface area (Å²) < 4.78 is 2.43. The zero-order chi connectivity index (χ0) is 51.1. The number of anilines is 9. The van der Waals surface area contributed by atoms with Crippen LogP contribution in [0.25, 0.3) is 49.7 Å². The Hall–Kier alpha value is -9.38. The van der Waals surface area contributed by atoms with E-state index in [0.29, 0.717) is 0 Å². The number of nitrogens with zero attached hydrogens (tertiary/aromatic N) is 4. The van der Waals surface area contributed by atoms with Crippen LogP contribution in [0.3, 0.4) is 0 Å². The highest BCUT2D eigenvalue weighted by Gasteiger charge is 2.39. The molecule has 76 heavy (non-hydrogen) atoms. The second-order valence-electron chi connectivity index (χ2n) is 21.4. The summed E-state index contributed by atoms with van der Waals surface area (Å²) >= 11 is 0.